The van der Waals surface area contributed by atoms with Crippen molar-refractivity contribution in [3.8, 4) is 0 Å². The first-order valence-corrected chi connectivity index (χ1v) is 13.6. The van der Waals surface area contributed by atoms with Gasteiger partial charge in [0.1, 0.15) is 0 Å². The number of nitrogens with one attached hydrogen (secondary N) is 1. The van der Waals surface area contributed by atoms with Crippen LogP contribution in [0.5, 0.6) is 0 Å². The minimum Gasteiger partial charge on any atom is -0.323 e. The number of piperidine rings is 1. The summed E-state index contributed by atoms with van der Waals surface area (Å²) in [7, 11) is -3.69. The van der Waals surface area contributed by atoms with Crippen LogP contribution >= 0.6 is 23.2 Å². The van der Waals surface area contributed by atoms with Crippen molar-refractivity contribution in [3.63, 3.8) is 0 Å². The van der Waals surface area contributed by atoms with Crippen molar-refractivity contribution in [2.45, 2.75) is 48.7 Å². The summed E-state index contributed by atoms with van der Waals surface area (Å²) >= 11 is 12.0. The zero-order valence-electron chi connectivity index (χ0n) is 18.2. The summed E-state index contributed by atoms with van der Waals surface area (Å²) in [4.78, 5) is 15.6. The van der Waals surface area contributed by atoms with Gasteiger partial charge in [-0.25, -0.2) is 8.42 Å². The van der Waals surface area contributed by atoms with Crippen LogP contribution in [0.4, 0.5) is 0 Å². The molecule has 176 valence electrons. The van der Waals surface area contributed by atoms with Crippen molar-refractivity contribution >= 4 is 39.1 Å². The Balaban J connectivity index is 1.34. The SMILES string of the molecule is O=C1C(Cc2ccccc2)NC2(CCN(S(=O)(=O)c3ccc(Cl)c(Cl)c3)CC2)N1CC1CC1. The smallest absolute Gasteiger partial charge is 0.243 e. The lowest BCUT2D eigenvalue weighted by Crippen LogP contribution is -2.59. The minimum absolute atomic E-state index is 0.131. The fourth-order valence-electron chi connectivity index (χ4n) is 4.97. The summed E-state index contributed by atoms with van der Waals surface area (Å²) in [6.07, 6.45) is 4.05. The fourth-order valence-corrected chi connectivity index (χ4v) is 6.80. The molecule has 2 aromatic carbocycles. The van der Waals surface area contributed by atoms with Crippen LogP contribution in [0.15, 0.2) is 53.4 Å². The first-order chi connectivity index (χ1) is 15.8. The number of carbonyl (C=O) groups is 1. The number of amides is 1. The largest absolute Gasteiger partial charge is 0.323 e. The van der Waals surface area contributed by atoms with E-state index in [0.717, 1.165) is 24.9 Å². The van der Waals surface area contributed by atoms with Crippen LogP contribution in [0.3, 0.4) is 0 Å². The maximum Gasteiger partial charge on any atom is 0.243 e. The van der Waals surface area contributed by atoms with E-state index in [1.807, 2.05) is 35.2 Å². The van der Waals surface area contributed by atoms with Gasteiger partial charge >= 0.3 is 0 Å². The maximum absolute atomic E-state index is 13.4. The predicted molar refractivity (Wildman–Crippen MR) is 129 cm³/mol. The Kier molecular flexibility index (Phi) is 6.20. The van der Waals surface area contributed by atoms with Gasteiger partial charge in [0, 0.05) is 19.6 Å². The second kappa shape index (κ2) is 8.86. The molecule has 9 heteroatoms. The third-order valence-electron chi connectivity index (χ3n) is 7.02. The van der Waals surface area contributed by atoms with Crippen LogP contribution in [0.25, 0.3) is 0 Å². The first-order valence-electron chi connectivity index (χ1n) is 11.4. The highest BCUT2D eigenvalue weighted by Crippen LogP contribution is 2.39. The van der Waals surface area contributed by atoms with E-state index in [4.69, 9.17) is 23.2 Å². The van der Waals surface area contributed by atoms with Crippen molar-refractivity contribution in [2.24, 2.45) is 5.92 Å². The Morgan fingerprint density at radius 2 is 1.70 bits per heavy atom. The number of hydrogen-bond acceptors (Lipinski definition) is 4. The Morgan fingerprint density at radius 3 is 2.33 bits per heavy atom. The molecule has 6 nitrogen and oxygen atoms in total. The zero-order chi connectivity index (χ0) is 23.2. The van der Waals surface area contributed by atoms with Crippen molar-refractivity contribution in [3.05, 3.63) is 64.1 Å². The molecule has 2 saturated heterocycles. The van der Waals surface area contributed by atoms with Crippen molar-refractivity contribution < 1.29 is 13.2 Å². The third-order valence-corrected chi connectivity index (χ3v) is 9.66. The van der Waals surface area contributed by atoms with Crippen LogP contribution in [-0.4, -0.2) is 54.9 Å². The molecule has 1 N–H and O–H groups in total. The van der Waals surface area contributed by atoms with E-state index in [9.17, 15) is 13.2 Å². The number of rotatable bonds is 6. The van der Waals surface area contributed by atoms with Gasteiger partial charge in [0.05, 0.1) is 26.6 Å². The summed E-state index contributed by atoms with van der Waals surface area (Å²) < 4.78 is 27.9. The standard InChI is InChI=1S/C24H27Cl2N3O3S/c25-20-9-8-19(15-21(20)26)33(31,32)28-12-10-24(11-13-28)27-22(14-17-4-2-1-3-5-17)23(30)29(24)16-18-6-7-18/h1-5,8-9,15,18,22,27H,6-7,10-14,16H2. The molecular formula is C24H27Cl2N3O3S. The van der Waals surface area contributed by atoms with Gasteiger partial charge in [0.15, 0.2) is 0 Å². The van der Waals surface area contributed by atoms with Crippen molar-refractivity contribution in [2.75, 3.05) is 19.6 Å². The minimum atomic E-state index is -3.69. The molecule has 1 aliphatic carbocycles. The molecule has 3 fully saturated rings. The van der Waals surface area contributed by atoms with Crippen molar-refractivity contribution in [1.29, 1.82) is 0 Å². The summed E-state index contributed by atoms with van der Waals surface area (Å²) in [6, 6.07) is 14.1. The number of nitrogens with zero attached hydrogens (tertiary/aromatic N) is 2. The molecule has 2 aliphatic heterocycles. The van der Waals surface area contributed by atoms with Crippen LogP contribution in [0.2, 0.25) is 10.0 Å². The van der Waals surface area contributed by atoms with E-state index in [-0.39, 0.29) is 21.9 Å². The van der Waals surface area contributed by atoms with Crippen molar-refractivity contribution in [1.82, 2.24) is 14.5 Å². The van der Waals surface area contributed by atoms with E-state index >= 15 is 0 Å². The summed E-state index contributed by atoms with van der Waals surface area (Å²) in [5.41, 5.74) is 0.620. The lowest BCUT2D eigenvalue weighted by molar-refractivity contribution is -0.133. The van der Waals surface area contributed by atoms with E-state index in [0.29, 0.717) is 43.3 Å². The molecule has 1 atom stereocenters. The Bertz CT molecular complexity index is 1150. The van der Waals surface area contributed by atoms with Gasteiger partial charge in [-0.1, -0.05) is 53.5 Å². The van der Waals surface area contributed by atoms with Gasteiger partial charge in [0.2, 0.25) is 15.9 Å². The van der Waals surface area contributed by atoms with E-state index in [1.54, 1.807) is 0 Å². The Hall–Kier alpha value is -1.64. The molecule has 1 spiro atoms. The molecule has 5 rings (SSSR count). The average molecular weight is 508 g/mol. The summed E-state index contributed by atoms with van der Waals surface area (Å²) in [5.74, 6) is 0.688. The van der Waals surface area contributed by atoms with Crippen LogP contribution in [-0.2, 0) is 21.2 Å². The molecule has 0 radical (unpaired) electrons. The normalized spacial score (nSPS) is 23.4. The number of hydrogen-bond donors (Lipinski definition) is 1. The van der Waals surface area contributed by atoms with E-state index in [2.05, 4.69) is 5.32 Å². The molecule has 0 aromatic heterocycles. The number of halogens is 2. The third kappa shape index (κ3) is 4.54. The predicted octanol–water partition coefficient (Wildman–Crippen LogP) is 3.93. The molecule has 2 heterocycles. The summed E-state index contributed by atoms with van der Waals surface area (Å²) in [5, 5.41) is 4.17. The molecule has 1 unspecified atom stereocenters. The van der Waals surface area contributed by atoms with Crippen LogP contribution in [0, 0.1) is 5.92 Å². The highest BCUT2D eigenvalue weighted by atomic mass is 35.5. The molecule has 1 saturated carbocycles. The van der Waals surface area contributed by atoms with Crippen LogP contribution in [0.1, 0.15) is 31.2 Å². The monoisotopic (exact) mass is 507 g/mol. The lowest BCUT2D eigenvalue weighted by atomic mass is 9.97. The topological polar surface area (TPSA) is 69.7 Å². The fraction of sp³-hybridized carbons (Fsp3) is 0.458. The zero-order valence-corrected chi connectivity index (χ0v) is 20.5. The first kappa shape index (κ1) is 23.1. The van der Waals surface area contributed by atoms with Gasteiger partial charge in [-0.2, -0.15) is 4.31 Å². The second-order valence-electron chi connectivity index (χ2n) is 9.29. The highest BCUT2D eigenvalue weighted by molar-refractivity contribution is 7.89. The maximum atomic E-state index is 13.4. The number of sulfonamides is 1. The molecule has 1 amide bonds. The van der Waals surface area contributed by atoms with Gasteiger partial charge in [-0.3, -0.25) is 10.1 Å². The molecule has 33 heavy (non-hydrogen) atoms. The van der Waals surface area contributed by atoms with Crippen LogP contribution < -0.4 is 5.32 Å². The molecular weight excluding hydrogens is 481 g/mol. The molecule has 3 aliphatic rings. The Labute approximate surface area is 204 Å². The molecule has 0 bridgehead atoms. The van der Waals surface area contributed by atoms with Gasteiger partial charge in [-0.05, 0) is 61.8 Å². The van der Waals surface area contributed by atoms with Gasteiger partial charge in [-0.15, -0.1) is 0 Å². The van der Waals surface area contributed by atoms with Gasteiger partial charge < -0.3 is 4.90 Å². The van der Waals surface area contributed by atoms with E-state index < -0.39 is 15.7 Å². The summed E-state index contributed by atoms with van der Waals surface area (Å²) in [6.45, 7) is 1.42. The highest BCUT2D eigenvalue weighted by Gasteiger charge is 2.53. The quantitative estimate of drug-likeness (QED) is 0.642. The lowest BCUT2D eigenvalue weighted by Gasteiger charge is -2.44. The number of carbonyl (C=O) groups excluding carboxylic acids is 1. The average Bonchev–Trinajstić information content (AvgIpc) is 3.60. The van der Waals surface area contributed by atoms with E-state index in [1.165, 1.54) is 22.5 Å². The second-order valence-corrected chi connectivity index (χ2v) is 12.0. The number of benzene rings is 2. The van der Waals surface area contributed by atoms with Gasteiger partial charge in [0.25, 0.3) is 0 Å². The molecule has 2 aromatic rings. The Morgan fingerprint density at radius 1 is 1.00 bits per heavy atom.